The molecule has 1 saturated heterocycles. The van der Waals surface area contributed by atoms with Crippen molar-refractivity contribution in [2.75, 3.05) is 38.2 Å². The van der Waals surface area contributed by atoms with E-state index in [9.17, 15) is 9.59 Å². The van der Waals surface area contributed by atoms with E-state index in [0.717, 1.165) is 11.3 Å². The number of hydrogen-bond acceptors (Lipinski definition) is 5. The molecule has 1 aromatic carbocycles. The molecule has 2 heterocycles. The number of ether oxygens (including phenoxy) is 1. The van der Waals surface area contributed by atoms with Gasteiger partial charge in [0.2, 0.25) is 5.91 Å². The van der Waals surface area contributed by atoms with Crippen LogP contribution < -0.4 is 20.7 Å². The lowest BCUT2D eigenvalue weighted by Gasteiger charge is -2.35. The van der Waals surface area contributed by atoms with Crippen molar-refractivity contribution in [1.82, 2.24) is 20.0 Å². The fourth-order valence-corrected chi connectivity index (χ4v) is 3.09. The molecule has 10 heteroatoms. The van der Waals surface area contributed by atoms with Crippen LogP contribution in [0.5, 0.6) is 5.75 Å². The van der Waals surface area contributed by atoms with Gasteiger partial charge in [0.05, 0.1) is 11.9 Å². The van der Waals surface area contributed by atoms with E-state index < -0.39 is 5.91 Å². The number of rotatable bonds is 6. The standard InChI is InChI=1S/C19H25N7O3/c1-21-19(22-9-14-4-3-5-16(8-14)29-13-17(20)27)25-6-7-26(18(28)12-25)15-10-23-24(2)11-15/h3-5,8,10-11H,6-7,9,12-13H2,1-2H3,(H2,20,27)(H,21,22). The van der Waals surface area contributed by atoms with Gasteiger partial charge < -0.3 is 25.6 Å². The summed E-state index contributed by atoms with van der Waals surface area (Å²) in [5, 5.41) is 7.40. The van der Waals surface area contributed by atoms with Crippen LogP contribution in [0.3, 0.4) is 0 Å². The number of aryl methyl sites for hydroxylation is 1. The van der Waals surface area contributed by atoms with E-state index in [1.807, 2.05) is 36.3 Å². The number of nitrogens with two attached hydrogens (primary N) is 1. The molecule has 2 aromatic rings. The molecule has 2 amide bonds. The summed E-state index contributed by atoms with van der Waals surface area (Å²) in [6.07, 6.45) is 3.52. The second-order valence-corrected chi connectivity index (χ2v) is 6.64. The van der Waals surface area contributed by atoms with Crippen LogP contribution in [0, 0.1) is 0 Å². The SMILES string of the molecule is CN=C(NCc1cccc(OCC(N)=O)c1)N1CCN(c2cnn(C)c2)C(=O)C1. The number of anilines is 1. The van der Waals surface area contributed by atoms with Crippen molar-refractivity contribution in [2.24, 2.45) is 17.8 Å². The molecule has 0 spiro atoms. The number of nitrogens with zero attached hydrogens (tertiary/aromatic N) is 5. The molecule has 0 aliphatic carbocycles. The van der Waals surface area contributed by atoms with E-state index in [2.05, 4.69) is 15.4 Å². The van der Waals surface area contributed by atoms with Crippen molar-refractivity contribution in [3.63, 3.8) is 0 Å². The molecular formula is C19H25N7O3. The minimum absolute atomic E-state index is 0.00551. The van der Waals surface area contributed by atoms with Gasteiger partial charge in [0.1, 0.15) is 12.3 Å². The Bertz CT molecular complexity index is 909. The maximum Gasteiger partial charge on any atom is 0.255 e. The summed E-state index contributed by atoms with van der Waals surface area (Å²) < 4.78 is 7.00. The zero-order chi connectivity index (χ0) is 20.8. The Morgan fingerprint density at radius 2 is 2.21 bits per heavy atom. The highest BCUT2D eigenvalue weighted by molar-refractivity contribution is 5.98. The van der Waals surface area contributed by atoms with Crippen LogP contribution in [0.1, 0.15) is 5.56 Å². The molecule has 3 rings (SSSR count). The predicted molar refractivity (Wildman–Crippen MR) is 108 cm³/mol. The van der Waals surface area contributed by atoms with Crippen LogP contribution in [0.4, 0.5) is 5.69 Å². The third kappa shape index (κ3) is 5.24. The molecule has 0 radical (unpaired) electrons. The number of piperazine rings is 1. The first-order valence-corrected chi connectivity index (χ1v) is 9.21. The van der Waals surface area contributed by atoms with Gasteiger partial charge in [-0.1, -0.05) is 12.1 Å². The van der Waals surface area contributed by atoms with Crippen LogP contribution in [0.15, 0.2) is 41.7 Å². The van der Waals surface area contributed by atoms with Gasteiger partial charge in [-0.05, 0) is 17.7 Å². The topological polar surface area (TPSA) is 118 Å². The van der Waals surface area contributed by atoms with E-state index in [0.29, 0.717) is 31.3 Å². The number of guanidine groups is 1. The van der Waals surface area contributed by atoms with Crippen molar-refractivity contribution in [1.29, 1.82) is 0 Å². The van der Waals surface area contributed by atoms with Crippen LogP contribution in [-0.4, -0.2) is 65.7 Å². The molecule has 1 fully saturated rings. The summed E-state index contributed by atoms with van der Waals surface area (Å²) in [7, 11) is 3.51. The molecule has 154 valence electrons. The first-order chi connectivity index (χ1) is 14.0. The van der Waals surface area contributed by atoms with Crippen LogP contribution in [0.25, 0.3) is 0 Å². The van der Waals surface area contributed by atoms with E-state index in [-0.39, 0.29) is 19.1 Å². The number of carbonyl (C=O) groups is 2. The smallest absolute Gasteiger partial charge is 0.255 e. The van der Waals surface area contributed by atoms with Gasteiger partial charge in [-0.25, -0.2) is 0 Å². The number of carbonyl (C=O) groups excluding carboxylic acids is 2. The van der Waals surface area contributed by atoms with Gasteiger partial charge in [-0.15, -0.1) is 0 Å². The number of benzene rings is 1. The summed E-state index contributed by atoms with van der Waals surface area (Å²) in [6.45, 7) is 1.78. The van der Waals surface area contributed by atoms with Crippen molar-refractivity contribution in [3.05, 3.63) is 42.2 Å². The number of amides is 2. The van der Waals surface area contributed by atoms with Gasteiger partial charge in [0.25, 0.3) is 5.91 Å². The average molecular weight is 399 g/mol. The highest BCUT2D eigenvalue weighted by atomic mass is 16.5. The Morgan fingerprint density at radius 1 is 1.38 bits per heavy atom. The molecule has 3 N–H and O–H groups in total. The summed E-state index contributed by atoms with van der Waals surface area (Å²) in [4.78, 5) is 31.4. The zero-order valence-electron chi connectivity index (χ0n) is 16.5. The van der Waals surface area contributed by atoms with Gasteiger partial charge >= 0.3 is 0 Å². The Labute approximate surface area is 168 Å². The highest BCUT2D eigenvalue weighted by Crippen LogP contribution is 2.16. The summed E-state index contributed by atoms with van der Waals surface area (Å²) in [5.41, 5.74) is 6.85. The summed E-state index contributed by atoms with van der Waals surface area (Å²) in [5.74, 6) is 0.684. The van der Waals surface area contributed by atoms with Crippen LogP contribution >= 0.6 is 0 Å². The molecular weight excluding hydrogens is 374 g/mol. The zero-order valence-corrected chi connectivity index (χ0v) is 16.5. The first kappa shape index (κ1) is 20.2. The van der Waals surface area contributed by atoms with E-state index in [1.54, 1.807) is 28.9 Å². The minimum atomic E-state index is -0.524. The number of hydrogen-bond donors (Lipinski definition) is 2. The molecule has 1 aliphatic heterocycles. The Morgan fingerprint density at radius 3 is 2.86 bits per heavy atom. The Kier molecular flexibility index (Phi) is 6.32. The lowest BCUT2D eigenvalue weighted by molar-refractivity contribution is -0.120. The van der Waals surface area contributed by atoms with Gasteiger partial charge in [-0.3, -0.25) is 19.3 Å². The third-order valence-electron chi connectivity index (χ3n) is 4.47. The third-order valence-corrected chi connectivity index (χ3v) is 4.47. The predicted octanol–water partition coefficient (Wildman–Crippen LogP) is -0.292. The van der Waals surface area contributed by atoms with Crippen LogP contribution in [-0.2, 0) is 23.2 Å². The number of primary amides is 1. The fourth-order valence-electron chi connectivity index (χ4n) is 3.09. The molecule has 1 aliphatic rings. The van der Waals surface area contributed by atoms with Gasteiger partial charge in [-0.2, -0.15) is 5.10 Å². The molecule has 0 saturated carbocycles. The number of nitrogens with one attached hydrogen (secondary N) is 1. The van der Waals surface area contributed by atoms with E-state index in [4.69, 9.17) is 10.5 Å². The van der Waals surface area contributed by atoms with Crippen molar-refractivity contribution in [2.45, 2.75) is 6.54 Å². The quantitative estimate of drug-likeness (QED) is 0.509. The van der Waals surface area contributed by atoms with E-state index >= 15 is 0 Å². The largest absolute Gasteiger partial charge is 0.484 e. The van der Waals surface area contributed by atoms with Crippen molar-refractivity contribution < 1.29 is 14.3 Å². The maximum absolute atomic E-state index is 12.6. The molecule has 0 atom stereocenters. The van der Waals surface area contributed by atoms with Crippen LogP contribution in [0.2, 0.25) is 0 Å². The van der Waals surface area contributed by atoms with Crippen molar-refractivity contribution in [3.8, 4) is 5.75 Å². The first-order valence-electron chi connectivity index (χ1n) is 9.21. The molecule has 0 unspecified atom stereocenters. The monoisotopic (exact) mass is 399 g/mol. The molecule has 10 nitrogen and oxygen atoms in total. The van der Waals surface area contributed by atoms with Crippen molar-refractivity contribution >= 4 is 23.5 Å². The Balaban J connectivity index is 1.56. The second kappa shape index (κ2) is 9.09. The molecule has 29 heavy (non-hydrogen) atoms. The highest BCUT2D eigenvalue weighted by Gasteiger charge is 2.27. The second-order valence-electron chi connectivity index (χ2n) is 6.64. The summed E-state index contributed by atoms with van der Waals surface area (Å²) >= 11 is 0. The van der Waals surface area contributed by atoms with E-state index in [1.165, 1.54) is 0 Å². The van der Waals surface area contributed by atoms with Gasteiger partial charge in [0.15, 0.2) is 12.6 Å². The number of aromatic nitrogens is 2. The average Bonchev–Trinajstić information content (AvgIpc) is 3.13. The number of aliphatic imine (C=N–C) groups is 1. The Hall–Kier alpha value is -3.56. The summed E-state index contributed by atoms with van der Waals surface area (Å²) in [6, 6.07) is 7.36. The molecule has 0 bridgehead atoms. The lowest BCUT2D eigenvalue weighted by Crippen LogP contribution is -2.55. The normalized spacial score (nSPS) is 14.8. The minimum Gasteiger partial charge on any atom is -0.484 e. The van der Waals surface area contributed by atoms with Gasteiger partial charge in [0, 0.05) is 39.9 Å². The molecule has 1 aromatic heterocycles. The fraction of sp³-hybridized carbons (Fsp3) is 0.368. The maximum atomic E-state index is 12.6. The lowest BCUT2D eigenvalue weighted by atomic mass is 10.2.